The third-order valence-corrected chi connectivity index (χ3v) is 11.2. The van der Waals surface area contributed by atoms with E-state index in [-0.39, 0.29) is 0 Å². The lowest BCUT2D eigenvalue weighted by molar-refractivity contribution is 0.673. The Bertz CT molecular complexity index is 3240. The molecule has 1 aromatic heterocycles. The summed E-state index contributed by atoms with van der Waals surface area (Å²) in [6.07, 6.45) is 0. The molecule has 0 aliphatic heterocycles. The van der Waals surface area contributed by atoms with Crippen molar-refractivity contribution in [2.75, 3.05) is 4.90 Å². The summed E-state index contributed by atoms with van der Waals surface area (Å²) in [6.45, 7) is 0. The molecule has 0 bridgehead atoms. The van der Waals surface area contributed by atoms with Crippen LogP contribution in [0.4, 0.5) is 17.1 Å². The molecule has 2 nitrogen and oxygen atoms in total. The van der Waals surface area contributed by atoms with Crippen LogP contribution in [0.25, 0.3) is 87.6 Å². The smallest absolute Gasteiger partial charge is 0.143 e. The molecule has 0 unspecified atom stereocenters. The minimum atomic E-state index is 0.880. The topological polar surface area (TPSA) is 16.4 Å². The summed E-state index contributed by atoms with van der Waals surface area (Å²) >= 11 is 0. The highest BCUT2D eigenvalue weighted by Gasteiger charge is 2.23. The Morgan fingerprint density at radius 1 is 0.321 bits per heavy atom. The molecule has 11 aromatic rings. The van der Waals surface area contributed by atoms with Gasteiger partial charge in [-0.2, -0.15) is 0 Å². The zero-order valence-corrected chi connectivity index (χ0v) is 30.6. The van der Waals surface area contributed by atoms with Crippen LogP contribution in [0.15, 0.2) is 217 Å². The fourth-order valence-corrected chi connectivity index (χ4v) is 8.62. The van der Waals surface area contributed by atoms with Crippen molar-refractivity contribution < 1.29 is 4.42 Å². The normalized spacial score (nSPS) is 11.6. The lowest BCUT2D eigenvalue weighted by Crippen LogP contribution is -2.11. The van der Waals surface area contributed by atoms with Gasteiger partial charge in [0.2, 0.25) is 0 Å². The number of nitrogens with zero attached hydrogens (tertiary/aromatic N) is 1. The fourth-order valence-electron chi connectivity index (χ4n) is 8.62. The molecule has 0 aliphatic rings. The average molecular weight is 714 g/mol. The Kier molecular flexibility index (Phi) is 7.53. The molecule has 11 rings (SSSR count). The van der Waals surface area contributed by atoms with E-state index in [2.05, 4.69) is 217 Å². The van der Waals surface area contributed by atoms with Gasteiger partial charge in [-0.3, -0.25) is 0 Å². The molecular weight excluding hydrogens is 679 g/mol. The van der Waals surface area contributed by atoms with E-state index in [1.807, 2.05) is 0 Å². The van der Waals surface area contributed by atoms with E-state index in [1.54, 1.807) is 0 Å². The van der Waals surface area contributed by atoms with E-state index in [4.69, 9.17) is 4.42 Å². The highest BCUT2D eigenvalue weighted by Crippen LogP contribution is 2.48. The largest absolute Gasteiger partial charge is 0.455 e. The second-order valence-electron chi connectivity index (χ2n) is 14.5. The first-order chi connectivity index (χ1) is 27.8. The van der Waals surface area contributed by atoms with Gasteiger partial charge < -0.3 is 9.32 Å². The summed E-state index contributed by atoms with van der Waals surface area (Å²) in [5.74, 6) is 0. The molecular formula is C54H35NO. The third-order valence-electron chi connectivity index (χ3n) is 11.2. The van der Waals surface area contributed by atoms with Crippen molar-refractivity contribution in [2.24, 2.45) is 0 Å². The highest BCUT2D eigenvalue weighted by molar-refractivity contribution is 6.24. The Morgan fingerprint density at radius 2 is 0.875 bits per heavy atom. The summed E-state index contributed by atoms with van der Waals surface area (Å²) < 4.78 is 6.86. The quantitative estimate of drug-likeness (QED) is 0.171. The van der Waals surface area contributed by atoms with Crippen LogP contribution in [-0.4, -0.2) is 0 Å². The van der Waals surface area contributed by atoms with Crippen LogP contribution in [0, 0.1) is 0 Å². The summed E-state index contributed by atoms with van der Waals surface area (Å²) in [6, 6.07) is 76.4. The Balaban J connectivity index is 1.18. The van der Waals surface area contributed by atoms with Crippen LogP contribution in [0.1, 0.15) is 0 Å². The van der Waals surface area contributed by atoms with Crippen molar-refractivity contribution >= 4 is 71.3 Å². The lowest BCUT2D eigenvalue weighted by Gasteiger charge is -2.29. The number of rotatable bonds is 6. The highest BCUT2D eigenvalue weighted by atomic mass is 16.3. The molecule has 0 atom stereocenters. The van der Waals surface area contributed by atoms with E-state index >= 15 is 0 Å². The first kappa shape index (κ1) is 32.0. The van der Waals surface area contributed by atoms with Crippen LogP contribution >= 0.6 is 0 Å². The van der Waals surface area contributed by atoms with Gasteiger partial charge in [-0.15, -0.1) is 0 Å². The van der Waals surface area contributed by atoms with Gasteiger partial charge in [-0.25, -0.2) is 0 Å². The Morgan fingerprint density at radius 3 is 1.68 bits per heavy atom. The van der Waals surface area contributed by atoms with E-state index in [9.17, 15) is 0 Å². The van der Waals surface area contributed by atoms with Crippen LogP contribution in [0.5, 0.6) is 0 Å². The van der Waals surface area contributed by atoms with E-state index in [0.29, 0.717) is 0 Å². The fraction of sp³-hybridized carbons (Fsp3) is 0. The van der Waals surface area contributed by atoms with Gasteiger partial charge in [0.1, 0.15) is 11.2 Å². The molecule has 0 aliphatic carbocycles. The SMILES string of the molecule is c1ccc(-c2ccc(-c3cccc(N(c4cccc5ccccc45)c4cc5c(oc6cccc(-c7cccc8ccccc78)c65)c5ccccc45)c3)cc2)cc1. The van der Waals surface area contributed by atoms with Crippen LogP contribution in [0.2, 0.25) is 0 Å². The van der Waals surface area contributed by atoms with Gasteiger partial charge >= 0.3 is 0 Å². The van der Waals surface area contributed by atoms with Crippen molar-refractivity contribution in [3.8, 4) is 33.4 Å². The zero-order chi connectivity index (χ0) is 37.0. The second-order valence-corrected chi connectivity index (χ2v) is 14.5. The molecule has 0 N–H and O–H groups in total. The molecule has 10 aromatic carbocycles. The monoisotopic (exact) mass is 713 g/mol. The van der Waals surface area contributed by atoms with Gasteiger partial charge in [-0.05, 0) is 79.9 Å². The summed E-state index contributed by atoms with van der Waals surface area (Å²) in [4.78, 5) is 2.45. The predicted octanol–water partition coefficient (Wildman–Crippen LogP) is 15.5. The van der Waals surface area contributed by atoms with Gasteiger partial charge in [-0.1, -0.05) is 182 Å². The second kappa shape index (κ2) is 13.2. The molecule has 262 valence electrons. The van der Waals surface area contributed by atoms with E-state index in [0.717, 1.165) is 60.9 Å². The molecule has 0 radical (unpaired) electrons. The number of hydrogen-bond acceptors (Lipinski definition) is 2. The van der Waals surface area contributed by atoms with Crippen molar-refractivity contribution in [3.63, 3.8) is 0 Å². The molecule has 0 fully saturated rings. The zero-order valence-electron chi connectivity index (χ0n) is 30.6. The number of hydrogen-bond donors (Lipinski definition) is 0. The van der Waals surface area contributed by atoms with Gasteiger partial charge in [0.25, 0.3) is 0 Å². The molecule has 0 amide bonds. The number of fused-ring (bicyclic) bond motifs is 7. The van der Waals surface area contributed by atoms with E-state index in [1.165, 1.54) is 43.8 Å². The standard InChI is InChI=1S/C54H35NO/c1-2-14-36(15-3-1)37-30-32-38(33-31-37)41-20-10-21-42(34-41)55(50-28-12-19-40-17-5-7-23-44(40)50)51-35-49-53-47(45-26-11-18-39-16-4-6-22-43(39)45)27-13-29-52(53)56-54(49)48-25-9-8-24-46(48)51/h1-35H. The molecule has 56 heavy (non-hydrogen) atoms. The molecule has 1 heterocycles. The Labute approximate surface area is 325 Å². The maximum atomic E-state index is 6.86. The number of benzene rings is 10. The molecule has 0 saturated carbocycles. The summed E-state index contributed by atoms with van der Waals surface area (Å²) in [5, 5.41) is 9.24. The molecule has 2 heteroatoms. The predicted molar refractivity (Wildman–Crippen MR) is 237 cm³/mol. The number of anilines is 3. The van der Waals surface area contributed by atoms with Crippen molar-refractivity contribution in [1.82, 2.24) is 0 Å². The first-order valence-corrected chi connectivity index (χ1v) is 19.2. The van der Waals surface area contributed by atoms with Crippen molar-refractivity contribution in [2.45, 2.75) is 0 Å². The van der Waals surface area contributed by atoms with Crippen molar-refractivity contribution in [3.05, 3.63) is 212 Å². The van der Waals surface area contributed by atoms with E-state index < -0.39 is 0 Å². The van der Waals surface area contributed by atoms with Crippen molar-refractivity contribution in [1.29, 1.82) is 0 Å². The maximum absolute atomic E-state index is 6.86. The van der Waals surface area contributed by atoms with Crippen LogP contribution in [-0.2, 0) is 0 Å². The number of furan rings is 1. The first-order valence-electron chi connectivity index (χ1n) is 19.2. The van der Waals surface area contributed by atoms with Gasteiger partial charge in [0.15, 0.2) is 0 Å². The minimum absolute atomic E-state index is 0.880. The summed E-state index contributed by atoms with van der Waals surface area (Å²) in [7, 11) is 0. The maximum Gasteiger partial charge on any atom is 0.143 e. The Hall–Kier alpha value is -7.42. The minimum Gasteiger partial charge on any atom is -0.455 e. The van der Waals surface area contributed by atoms with Crippen LogP contribution < -0.4 is 4.90 Å². The third kappa shape index (κ3) is 5.26. The average Bonchev–Trinajstić information content (AvgIpc) is 3.66. The molecule has 0 saturated heterocycles. The van der Waals surface area contributed by atoms with Gasteiger partial charge in [0.05, 0.1) is 11.4 Å². The summed E-state index contributed by atoms with van der Waals surface area (Å²) in [5.41, 5.74) is 12.2. The van der Waals surface area contributed by atoms with Gasteiger partial charge in [0, 0.05) is 32.6 Å². The van der Waals surface area contributed by atoms with Crippen LogP contribution in [0.3, 0.4) is 0 Å². The lowest BCUT2D eigenvalue weighted by atomic mass is 9.93. The molecule has 0 spiro atoms.